The lowest BCUT2D eigenvalue weighted by Gasteiger charge is -2.35. The minimum absolute atomic E-state index is 0.00286. The highest BCUT2D eigenvalue weighted by molar-refractivity contribution is 7.89. The van der Waals surface area contributed by atoms with E-state index in [1.807, 2.05) is 26.8 Å². The molecule has 0 aromatic heterocycles. The van der Waals surface area contributed by atoms with Gasteiger partial charge in [0.05, 0.1) is 4.90 Å². The Labute approximate surface area is 149 Å². The number of sulfonamides is 1. The van der Waals surface area contributed by atoms with Gasteiger partial charge in [-0.25, -0.2) is 8.42 Å². The second-order valence-electron chi connectivity index (χ2n) is 6.93. The van der Waals surface area contributed by atoms with Crippen molar-refractivity contribution >= 4 is 15.9 Å². The lowest BCUT2D eigenvalue weighted by Crippen LogP contribution is -2.52. The summed E-state index contributed by atoms with van der Waals surface area (Å²) in [6.07, 6.45) is 1.33. The first kappa shape index (κ1) is 18.4. The van der Waals surface area contributed by atoms with Crippen molar-refractivity contribution in [3.8, 4) is 0 Å². The molecule has 7 heteroatoms. The van der Waals surface area contributed by atoms with Crippen LogP contribution >= 0.6 is 0 Å². The molecular weight excluding hydrogens is 340 g/mol. The van der Waals surface area contributed by atoms with Gasteiger partial charge in [0.25, 0.3) is 5.91 Å². The number of hydrogen-bond donors (Lipinski definition) is 0. The summed E-state index contributed by atoms with van der Waals surface area (Å²) in [5.74, 6) is -0.00286. The molecule has 0 saturated carbocycles. The fourth-order valence-corrected chi connectivity index (χ4v) is 5.19. The van der Waals surface area contributed by atoms with Crippen molar-refractivity contribution in [2.24, 2.45) is 0 Å². The van der Waals surface area contributed by atoms with Crippen molar-refractivity contribution in [1.29, 1.82) is 0 Å². The molecule has 1 atom stereocenters. The number of ether oxygens (including phenoxy) is 1. The van der Waals surface area contributed by atoms with Crippen LogP contribution < -0.4 is 0 Å². The van der Waals surface area contributed by atoms with E-state index in [2.05, 4.69) is 0 Å². The van der Waals surface area contributed by atoms with Crippen molar-refractivity contribution in [3.05, 3.63) is 28.8 Å². The molecule has 138 valence electrons. The maximum atomic E-state index is 13.0. The summed E-state index contributed by atoms with van der Waals surface area (Å²) < 4.78 is 32.9. The van der Waals surface area contributed by atoms with E-state index in [0.29, 0.717) is 37.7 Å². The molecule has 25 heavy (non-hydrogen) atoms. The van der Waals surface area contributed by atoms with E-state index in [0.717, 1.165) is 29.5 Å². The molecule has 2 aliphatic rings. The van der Waals surface area contributed by atoms with Gasteiger partial charge in [-0.15, -0.1) is 0 Å². The van der Waals surface area contributed by atoms with Crippen LogP contribution in [-0.4, -0.2) is 62.4 Å². The number of hydrogen-bond acceptors (Lipinski definition) is 4. The predicted molar refractivity (Wildman–Crippen MR) is 95.0 cm³/mol. The van der Waals surface area contributed by atoms with Crippen LogP contribution in [0, 0.1) is 20.8 Å². The normalized spacial score (nSPS) is 22.4. The van der Waals surface area contributed by atoms with Gasteiger partial charge in [0, 0.05) is 32.8 Å². The summed E-state index contributed by atoms with van der Waals surface area (Å²) in [4.78, 5) is 14.5. The summed E-state index contributed by atoms with van der Waals surface area (Å²) in [5, 5.41) is 0. The van der Waals surface area contributed by atoms with Crippen LogP contribution in [-0.2, 0) is 19.6 Å². The van der Waals surface area contributed by atoms with Gasteiger partial charge in [0.1, 0.15) is 6.10 Å². The van der Waals surface area contributed by atoms with Crippen LogP contribution in [0.1, 0.15) is 29.5 Å². The van der Waals surface area contributed by atoms with Gasteiger partial charge in [0.15, 0.2) is 0 Å². The van der Waals surface area contributed by atoms with E-state index in [4.69, 9.17) is 4.74 Å². The number of amides is 1. The summed E-state index contributed by atoms with van der Waals surface area (Å²) >= 11 is 0. The number of aryl methyl sites for hydroxylation is 3. The predicted octanol–water partition coefficient (Wildman–Crippen LogP) is 1.62. The smallest absolute Gasteiger partial charge is 0.251 e. The quantitative estimate of drug-likeness (QED) is 0.815. The van der Waals surface area contributed by atoms with E-state index >= 15 is 0 Å². The average molecular weight is 366 g/mol. The van der Waals surface area contributed by atoms with Crippen molar-refractivity contribution in [2.75, 3.05) is 32.8 Å². The Kier molecular flexibility index (Phi) is 5.18. The molecule has 0 bridgehead atoms. The van der Waals surface area contributed by atoms with Crippen LogP contribution in [0.2, 0.25) is 0 Å². The molecule has 6 nitrogen and oxygen atoms in total. The van der Waals surface area contributed by atoms with Gasteiger partial charge in [0.2, 0.25) is 10.0 Å². The van der Waals surface area contributed by atoms with Crippen molar-refractivity contribution in [1.82, 2.24) is 9.21 Å². The fourth-order valence-electron chi connectivity index (χ4n) is 3.48. The molecule has 2 fully saturated rings. The highest BCUT2D eigenvalue weighted by Crippen LogP contribution is 2.25. The third-order valence-corrected chi connectivity index (χ3v) is 7.21. The Hall–Kier alpha value is -1.44. The molecule has 0 unspecified atom stereocenters. The Morgan fingerprint density at radius 2 is 1.68 bits per heavy atom. The summed E-state index contributed by atoms with van der Waals surface area (Å²) in [6, 6.07) is 3.67. The molecule has 0 radical (unpaired) electrons. The number of nitrogens with zero attached hydrogens (tertiary/aromatic N) is 2. The highest BCUT2D eigenvalue weighted by atomic mass is 32.2. The second-order valence-corrected chi connectivity index (χ2v) is 8.84. The van der Waals surface area contributed by atoms with Crippen molar-refractivity contribution in [2.45, 2.75) is 44.6 Å². The van der Waals surface area contributed by atoms with E-state index in [1.54, 1.807) is 11.0 Å². The minimum atomic E-state index is -3.54. The molecule has 2 saturated heterocycles. The van der Waals surface area contributed by atoms with E-state index < -0.39 is 10.0 Å². The lowest BCUT2D eigenvalue weighted by atomic mass is 10.1. The molecule has 2 aliphatic heterocycles. The van der Waals surface area contributed by atoms with E-state index in [1.165, 1.54) is 4.31 Å². The third-order valence-electron chi connectivity index (χ3n) is 5.16. The van der Waals surface area contributed by atoms with Crippen LogP contribution in [0.5, 0.6) is 0 Å². The third kappa shape index (κ3) is 3.59. The van der Waals surface area contributed by atoms with E-state index in [-0.39, 0.29) is 12.0 Å². The van der Waals surface area contributed by atoms with E-state index in [9.17, 15) is 13.2 Å². The Bertz CT molecular complexity index is 762. The zero-order valence-corrected chi connectivity index (χ0v) is 15.9. The standard InChI is InChI=1S/C18H26N2O4S/c1-13-11-15(3)17(12-14(13)2)25(22,23)20-8-6-19(7-9-20)18(21)16-5-4-10-24-16/h11-12,16H,4-10H2,1-3H3/t16-/m1/s1. The fraction of sp³-hybridized carbons (Fsp3) is 0.611. The van der Waals surface area contributed by atoms with Crippen molar-refractivity contribution in [3.63, 3.8) is 0 Å². The topological polar surface area (TPSA) is 66.9 Å². The lowest BCUT2D eigenvalue weighted by molar-refractivity contribution is -0.142. The molecule has 0 N–H and O–H groups in total. The zero-order chi connectivity index (χ0) is 18.2. The Balaban J connectivity index is 1.71. The van der Waals surface area contributed by atoms with Crippen LogP contribution in [0.4, 0.5) is 0 Å². The van der Waals surface area contributed by atoms with Crippen molar-refractivity contribution < 1.29 is 17.9 Å². The van der Waals surface area contributed by atoms with Gasteiger partial charge < -0.3 is 9.64 Å². The second kappa shape index (κ2) is 7.05. The number of piperazine rings is 1. The molecular formula is C18H26N2O4S. The zero-order valence-electron chi connectivity index (χ0n) is 15.1. The maximum Gasteiger partial charge on any atom is 0.251 e. The monoisotopic (exact) mass is 366 g/mol. The van der Waals surface area contributed by atoms with Gasteiger partial charge in [-0.2, -0.15) is 4.31 Å². The highest BCUT2D eigenvalue weighted by Gasteiger charge is 2.34. The summed E-state index contributed by atoms with van der Waals surface area (Å²) in [5.41, 5.74) is 2.82. The van der Waals surface area contributed by atoms with Gasteiger partial charge in [-0.3, -0.25) is 4.79 Å². The van der Waals surface area contributed by atoms with Gasteiger partial charge in [-0.05, 0) is 56.4 Å². The van der Waals surface area contributed by atoms with Crippen LogP contribution in [0.3, 0.4) is 0 Å². The molecule has 2 heterocycles. The SMILES string of the molecule is Cc1cc(C)c(S(=O)(=O)N2CCN(C(=O)[C@H]3CCCO3)CC2)cc1C. The summed E-state index contributed by atoms with van der Waals surface area (Å²) in [6.45, 7) is 7.86. The first-order valence-electron chi connectivity index (χ1n) is 8.79. The number of carbonyl (C=O) groups is 1. The molecule has 0 aliphatic carbocycles. The molecule has 1 amide bonds. The largest absolute Gasteiger partial charge is 0.368 e. The molecule has 0 spiro atoms. The number of rotatable bonds is 3. The van der Waals surface area contributed by atoms with Crippen LogP contribution in [0.15, 0.2) is 17.0 Å². The minimum Gasteiger partial charge on any atom is -0.368 e. The number of benzene rings is 1. The number of carbonyl (C=O) groups excluding carboxylic acids is 1. The molecule has 1 aromatic carbocycles. The average Bonchev–Trinajstić information content (AvgIpc) is 3.12. The first-order chi connectivity index (χ1) is 11.8. The Morgan fingerprint density at radius 1 is 1.04 bits per heavy atom. The Morgan fingerprint density at radius 3 is 2.28 bits per heavy atom. The van der Waals surface area contributed by atoms with Crippen LogP contribution in [0.25, 0.3) is 0 Å². The maximum absolute atomic E-state index is 13.0. The van der Waals surface area contributed by atoms with Gasteiger partial charge >= 0.3 is 0 Å². The molecule has 3 rings (SSSR count). The summed E-state index contributed by atoms with van der Waals surface area (Å²) in [7, 11) is -3.54. The van der Waals surface area contributed by atoms with Gasteiger partial charge in [-0.1, -0.05) is 6.07 Å². The first-order valence-corrected chi connectivity index (χ1v) is 10.2. The molecule has 1 aromatic rings.